The SMILES string of the molecule is Brc1ccc2c(-c3ccccc3-c3ccccc3)c3ccccc3c(-c3ccccc3-c3ccccc3)c2c1.c1ccc(-c2ccccc2-c2c3ccccc3c(-c3ccccc3-c3ccccc3)c3cc(-n4c5ccccc5c5ccccc54)ccc23)cc1.c1ccc2c(c1)Cc1ccccc1-2. The van der Waals surface area contributed by atoms with Crippen molar-refractivity contribution in [3.63, 3.8) is 0 Å². The minimum atomic E-state index is 1.08. The largest absolute Gasteiger partial charge is 0.309 e. The smallest absolute Gasteiger partial charge is 0.0541 e. The topological polar surface area (TPSA) is 4.93 Å². The summed E-state index contributed by atoms with van der Waals surface area (Å²) in [6.07, 6.45) is 1.10. The van der Waals surface area contributed by atoms with Gasteiger partial charge in [0.05, 0.1) is 11.0 Å². The molecule has 1 aromatic heterocycles. The summed E-state index contributed by atoms with van der Waals surface area (Å²) in [5.41, 5.74) is 29.1. The number of fused-ring (bicyclic) bond motifs is 10. The van der Waals surface area contributed by atoms with Crippen molar-refractivity contribution in [3.05, 3.63) is 416 Å². The molecule has 0 aliphatic heterocycles. The zero-order valence-electron chi connectivity index (χ0n) is 56.6. The molecule has 0 bridgehead atoms. The van der Waals surface area contributed by atoms with Gasteiger partial charge in [-0.2, -0.15) is 0 Å². The second-order valence-electron chi connectivity index (χ2n) is 26.5. The van der Waals surface area contributed by atoms with Crippen molar-refractivity contribution < 1.29 is 0 Å². The fourth-order valence-electron chi connectivity index (χ4n) is 16.2. The summed E-state index contributed by atoms with van der Waals surface area (Å²) in [4.78, 5) is 0. The first-order valence-corrected chi connectivity index (χ1v) is 36.3. The van der Waals surface area contributed by atoms with E-state index in [9.17, 15) is 0 Å². The van der Waals surface area contributed by atoms with Crippen molar-refractivity contribution in [3.8, 4) is 106 Å². The molecule has 0 radical (unpaired) electrons. The molecule has 2 heteroatoms. The lowest BCUT2D eigenvalue weighted by atomic mass is 9.82. The Kier molecular flexibility index (Phi) is 16.6. The zero-order valence-corrected chi connectivity index (χ0v) is 58.2. The van der Waals surface area contributed by atoms with Gasteiger partial charge >= 0.3 is 0 Å². The van der Waals surface area contributed by atoms with Crippen LogP contribution < -0.4 is 0 Å². The summed E-state index contributed by atoms with van der Waals surface area (Å²) >= 11 is 3.80. The Morgan fingerprint density at radius 1 is 0.184 bits per heavy atom. The van der Waals surface area contributed by atoms with Gasteiger partial charge in [0.1, 0.15) is 0 Å². The molecule has 484 valence electrons. The van der Waals surface area contributed by atoms with Gasteiger partial charge in [-0.1, -0.05) is 380 Å². The number of para-hydroxylation sites is 2. The van der Waals surface area contributed by atoms with Crippen LogP contribution in [0.2, 0.25) is 0 Å². The van der Waals surface area contributed by atoms with Gasteiger partial charge in [0, 0.05) is 20.9 Å². The molecule has 0 fully saturated rings. The second kappa shape index (κ2) is 27.4. The van der Waals surface area contributed by atoms with Gasteiger partial charge < -0.3 is 4.57 Å². The van der Waals surface area contributed by atoms with E-state index in [1.165, 1.54) is 176 Å². The number of nitrogens with zero attached hydrogens (tertiary/aromatic N) is 1. The van der Waals surface area contributed by atoms with Crippen molar-refractivity contribution in [2.45, 2.75) is 6.42 Å². The van der Waals surface area contributed by atoms with Gasteiger partial charge in [0.2, 0.25) is 0 Å². The van der Waals surface area contributed by atoms with E-state index >= 15 is 0 Å². The molecule has 18 aromatic carbocycles. The van der Waals surface area contributed by atoms with E-state index in [0.29, 0.717) is 0 Å². The summed E-state index contributed by atoms with van der Waals surface area (Å²) in [6.45, 7) is 0. The Bertz CT molecular complexity index is 6290. The molecule has 103 heavy (non-hydrogen) atoms. The number of rotatable bonds is 9. The minimum Gasteiger partial charge on any atom is -0.309 e. The Labute approximate surface area is 609 Å². The molecule has 0 amide bonds. The van der Waals surface area contributed by atoms with E-state index in [1.54, 1.807) is 0 Å². The van der Waals surface area contributed by atoms with Crippen LogP contribution in [0.15, 0.2) is 405 Å². The van der Waals surface area contributed by atoms with Crippen LogP contribution in [0.4, 0.5) is 0 Å². The lowest BCUT2D eigenvalue weighted by Gasteiger charge is -2.22. The van der Waals surface area contributed by atoms with Crippen molar-refractivity contribution >= 4 is 80.8 Å². The van der Waals surface area contributed by atoms with Crippen LogP contribution in [0.25, 0.3) is 171 Å². The van der Waals surface area contributed by atoms with Crippen LogP contribution >= 0.6 is 15.9 Å². The minimum absolute atomic E-state index is 1.08. The van der Waals surface area contributed by atoms with Gasteiger partial charge in [-0.05, 0) is 197 Å². The molecule has 1 aliphatic carbocycles. The summed E-state index contributed by atoms with van der Waals surface area (Å²) < 4.78 is 3.51. The second-order valence-corrected chi connectivity index (χ2v) is 27.4. The van der Waals surface area contributed by atoms with Crippen molar-refractivity contribution in [1.29, 1.82) is 0 Å². The van der Waals surface area contributed by atoms with Gasteiger partial charge in [-0.25, -0.2) is 0 Å². The molecule has 0 N–H and O–H groups in total. The first kappa shape index (κ1) is 62.5. The lowest BCUT2D eigenvalue weighted by molar-refractivity contribution is 1.19. The van der Waals surface area contributed by atoms with Gasteiger partial charge in [-0.15, -0.1) is 0 Å². The van der Waals surface area contributed by atoms with Gasteiger partial charge in [0.25, 0.3) is 0 Å². The Morgan fingerprint density at radius 3 is 0.796 bits per heavy atom. The number of hydrogen-bond donors (Lipinski definition) is 0. The molecule has 0 saturated heterocycles. The molecule has 19 aromatic rings. The molecular weight excluding hydrogens is 1310 g/mol. The molecule has 1 heterocycles. The van der Waals surface area contributed by atoms with Crippen LogP contribution in [0.3, 0.4) is 0 Å². The average Bonchev–Trinajstić information content (AvgIpc) is 1.28. The molecular formula is C101H68BrN. The predicted octanol–water partition coefficient (Wildman–Crippen LogP) is 28.4. The first-order valence-electron chi connectivity index (χ1n) is 35.5. The Hall–Kier alpha value is -12.7. The van der Waals surface area contributed by atoms with E-state index < -0.39 is 0 Å². The zero-order chi connectivity index (χ0) is 68.6. The summed E-state index contributed by atoms with van der Waals surface area (Å²) in [5, 5.41) is 12.5. The van der Waals surface area contributed by atoms with Gasteiger partial charge in [0.15, 0.2) is 0 Å². The highest BCUT2D eigenvalue weighted by molar-refractivity contribution is 9.10. The predicted molar refractivity (Wildman–Crippen MR) is 443 cm³/mol. The van der Waals surface area contributed by atoms with E-state index in [-0.39, 0.29) is 0 Å². The van der Waals surface area contributed by atoms with Crippen LogP contribution in [-0.2, 0) is 6.42 Å². The third-order valence-corrected chi connectivity index (χ3v) is 21.2. The first-order chi connectivity index (χ1) is 51.1. The number of aromatic nitrogens is 1. The molecule has 0 unspecified atom stereocenters. The maximum atomic E-state index is 3.80. The third-order valence-electron chi connectivity index (χ3n) is 20.7. The highest BCUT2D eigenvalue weighted by Gasteiger charge is 2.25. The van der Waals surface area contributed by atoms with Crippen LogP contribution in [0, 0.1) is 0 Å². The molecule has 1 aliphatic rings. The molecule has 1 nitrogen and oxygen atoms in total. The third kappa shape index (κ3) is 11.5. The highest BCUT2D eigenvalue weighted by atomic mass is 79.9. The monoisotopic (exact) mass is 1370 g/mol. The summed E-state index contributed by atoms with van der Waals surface area (Å²) in [7, 11) is 0. The van der Waals surface area contributed by atoms with Crippen LogP contribution in [-0.4, -0.2) is 4.57 Å². The quantitative estimate of drug-likeness (QED) is 0.127. The van der Waals surface area contributed by atoms with E-state index in [0.717, 1.165) is 16.6 Å². The molecule has 0 spiro atoms. The van der Waals surface area contributed by atoms with Gasteiger partial charge in [-0.3, -0.25) is 0 Å². The van der Waals surface area contributed by atoms with E-state index in [1.807, 2.05) is 0 Å². The number of benzene rings is 18. The average molecular weight is 1380 g/mol. The normalized spacial score (nSPS) is 11.5. The molecule has 0 atom stereocenters. The fourth-order valence-corrected chi connectivity index (χ4v) is 16.5. The van der Waals surface area contributed by atoms with Crippen molar-refractivity contribution in [2.24, 2.45) is 0 Å². The van der Waals surface area contributed by atoms with E-state index in [2.05, 4.69) is 421 Å². The lowest BCUT2D eigenvalue weighted by Crippen LogP contribution is -1.97. The standard InChI is InChI=1S/C50H33N.C38H25Br.C13H10/c1-3-17-34(18-4-1)37-21-7-9-25-41(37)49-43-27-11-12-28-44(43)50(42-26-10-8-22-38(42)35-19-5-2-6-20-35)46-33-36(31-32-45(46)49)51-47-29-15-13-23-39(47)40-24-14-16-30-48(40)51;39-28-23-24-35-36(25-28)38(32-20-10-8-18-30(32)27-15-5-2-6-16-27)34-22-12-11-21-33(34)37(35)31-19-9-7-17-29(31)26-13-3-1-4-14-26;1-3-7-12-10(5-1)9-11-6-2-4-8-13(11)12/h1-33H;1-25H;1-8H,9H2. The Balaban J connectivity index is 0.000000128. The van der Waals surface area contributed by atoms with Crippen molar-refractivity contribution in [2.75, 3.05) is 0 Å². The highest BCUT2D eigenvalue weighted by Crippen LogP contribution is 2.51. The molecule has 20 rings (SSSR count). The molecule has 0 saturated carbocycles. The fraction of sp³-hybridized carbons (Fsp3) is 0.00990. The summed E-state index contributed by atoms with van der Waals surface area (Å²) in [6, 6.07) is 145. The van der Waals surface area contributed by atoms with E-state index in [4.69, 9.17) is 0 Å². The maximum absolute atomic E-state index is 3.80. The van der Waals surface area contributed by atoms with Crippen molar-refractivity contribution in [1.82, 2.24) is 4.57 Å². The summed E-state index contributed by atoms with van der Waals surface area (Å²) in [5.74, 6) is 0. The van der Waals surface area contributed by atoms with Crippen LogP contribution in [0.5, 0.6) is 0 Å². The maximum Gasteiger partial charge on any atom is 0.0541 e. The number of hydrogen-bond acceptors (Lipinski definition) is 0. The number of halogens is 1. The van der Waals surface area contributed by atoms with Crippen LogP contribution in [0.1, 0.15) is 11.1 Å². The Morgan fingerprint density at radius 2 is 0.437 bits per heavy atom.